The fraction of sp³-hybridized carbons (Fsp3) is 0.519. The summed E-state index contributed by atoms with van der Waals surface area (Å²) in [7, 11) is 0. The van der Waals surface area contributed by atoms with Crippen LogP contribution in [0.4, 0.5) is 17.3 Å². The van der Waals surface area contributed by atoms with E-state index in [0.29, 0.717) is 17.3 Å². The second-order valence-corrected chi connectivity index (χ2v) is 10.8. The van der Waals surface area contributed by atoms with Gasteiger partial charge in [0.25, 0.3) is 5.56 Å². The highest BCUT2D eigenvalue weighted by Crippen LogP contribution is 2.41. The Labute approximate surface area is 201 Å². The molecule has 1 aliphatic heterocycles. The molecule has 0 bridgehead atoms. The summed E-state index contributed by atoms with van der Waals surface area (Å²) in [5.41, 5.74) is 3.23. The highest BCUT2D eigenvalue weighted by Gasteiger charge is 2.31. The molecule has 7 heteroatoms. The van der Waals surface area contributed by atoms with Crippen molar-refractivity contribution in [1.29, 1.82) is 0 Å². The van der Waals surface area contributed by atoms with E-state index >= 15 is 0 Å². The molecule has 0 radical (unpaired) electrons. The van der Waals surface area contributed by atoms with E-state index in [1.807, 2.05) is 16.8 Å². The molecule has 0 amide bonds. The zero-order valence-corrected chi connectivity index (χ0v) is 20.6. The molecule has 1 saturated carbocycles. The first-order chi connectivity index (χ1) is 16.4. The summed E-state index contributed by atoms with van der Waals surface area (Å²) in [6.07, 6.45) is 6.14. The van der Waals surface area contributed by atoms with Crippen molar-refractivity contribution in [3.63, 3.8) is 0 Å². The minimum Gasteiger partial charge on any atom is -0.369 e. The number of hydrogen-bond donors (Lipinski definition) is 2. The van der Waals surface area contributed by atoms with E-state index in [2.05, 4.69) is 65.6 Å². The molecule has 2 fully saturated rings. The Kier molecular flexibility index (Phi) is 6.30. The fourth-order valence-corrected chi connectivity index (χ4v) is 5.46. The van der Waals surface area contributed by atoms with Gasteiger partial charge in [0.05, 0.1) is 0 Å². The van der Waals surface area contributed by atoms with E-state index in [1.165, 1.54) is 5.69 Å². The first-order valence-electron chi connectivity index (χ1n) is 12.6. The van der Waals surface area contributed by atoms with Crippen LogP contribution < -0.4 is 21.1 Å². The maximum Gasteiger partial charge on any atom is 0.252 e. The molecule has 1 aliphatic carbocycles. The molecule has 2 aliphatic rings. The average Bonchev–Trinajstić information content (AvgIpc) is 2.84. The highest BCUT2D eigenvalue weighted by molar-refractivity contribution is 5.76. The number of benzene rings is 1. The van der Waals surface area contributed by atoms with Crippen LogP contribution in [0, 0.1) is 11.3 Å². The second-order valence-electron chi connectivity index (χ2n) is 10.8. The van der Waals surface area contributed by atoms with Crippen molar-refractivity contribution in [3.8, 4) is 0 Å². The molecular formula is C27H36N6O. The number of nitrogens with zero attached hydrogens (tertiary/aromatic N) is 4. The number of aromatic nitrogens is 3. The molecule has 1 saturated heterocycles. The SMILES string of the molecule is CC(C)(C)C1CCC(n2c(=O)ccc3cnc(Nc4ccc(N5CCNCC5)cc4)nc32)CC1. The molecule has 0 atom stereocenters. The highest BCUT2D eigenvalue weighted by atomic mass is 16.1. The molecule has 7 nitrogen and oxygen atoms in total. The van der Waals surface area contributed by atoms with Crippen molar-refractivity contribution < 1.29 is 0 Å². The van der Waals surface area contributed by atoms with Crippen LogP contribution in [-0.2, 0) is 0 Å². The monoisotopic (exact) mass is 460 g/mol. The maximum atomic E-state index is 12.9. The Hall–Kier alpha value is -2.93. The maximum absolute atomic E-state index is 12.9. The fourth-order valence-electron chi connectivity index (χ4n) is 5.46. The molecule has 2 aromatic heterocycles. The van der Waals surface area contributed by atoms with Gasteiger partial charge in [-0.15, -0.1) is 0 Å². The third-order valence-corrected chi connectivity index (χ3v) is 7.56. The standard InChI is InChI=1S/C27H36N6O/c1-27(2,3)20-5-9-23(10-6-20)33-24(34)13-4-19-18-29-26(31-25(19)33)30-21-7-11-22(12-8-21)32-16-14-28-15-17-32/h4,7-8,11-13,18,20,23,28H,5-6,9-10,14-17H2,1-3H3,(H,29,30,31). The third kappa shape index (κ3) is 4.80. The summed E-state index contributed by atoms with van der Waals surface area (Å²) in [5.74, 6) is 1.22. The predicted molar refractivity (Wildman–Crippen MR) is 139 cm³/mol. The van der Waals surface area contributed by atoms with Crippen molar-refractivity contribution >= 4 is 28.4 Å². The van der Waals surface area contributed by atoms with Gasteiger partial charge in [0, 0.05) is 61.2 Å². The molecular weight excluding hydrogens is 424 g/mol. The lowest BCUT2D eigenvalue weighted by Crippen LogP contribution is -2.43. The Bertz CT molecular complexity index is 1180. The molecule has 2 N–H and O–H groups in total. The molecule has 180 valence electrons. The van der Waals surface area contributed by atoms with Crippen LogP contribution in [-0.4, -0.2) is 40.7 Å². The molecule has 3 heterocycles. The predicted octanol–water partition coefficient (Wildman–Crippen LogP) is 4.72. The van der Waals surface area contributed by atoms with E-state index in [0.717, 1.165) is 68.6 Å². The normalized spacial score (nSPS) is 21.6. The number of anilines is 3. The molecule has 5 rings (SSSR count). The van der Waals surface area contributed by atoms with Gasteiger partial charge in [-0.3, -0.25) is 9.36 Å². The zero-order valence-electron chi connectivity index (χ0n) is 20.6. The number of hydrogen-bond acceptors (Lipinski definition) is 6. The summed E-state index contributed by atoms with van der Waals surface area (Å²) in [4.78, 5) is 24.7. The van der Waals surface area contributed by atoms with Crippen LogP contribution >= 0.6 is 0 Å². The first-order valence-corrected chi connectivity index (χ1v) is 12.6. The second kappa shape index (κ2) is 9.37. The van der Waals surface area contributed by atoms with Gasteiger partial charge in [0.15, 0.2) is 0 Å². The quantitative estimate of drug-likeness (QED) is 0.587. The number of pyridine rings is 1. The molecule has 0 spiro atoms. The molecule has 0 unspecified atom stereocenters. The molecule has 3 aromatic rings. The van der Waals surface area contributed by atoms with Crippen LogP contribution in [0.25, 0.3) is 11.0 Å². The van der Waals surface area contributed by atoms with Gasteiger partial charge in [-0.2, -0.15) is 4.98 Å². The van der Waals surface area contributed by atoms with E-state index in [-0.39, 0.29) is 11.6 Å². The van der Waals surface area contributed by atoms with Gasteiger partial charge in [-0.1, -0.05) is 20.8 Å². The van der Waals surface area contributed by atoms with Gasteiger partial charge in [0.2, 0.25) is 5.95 Å². The number of fused-ring (bicyclic) bond motifs is 1. The zero-order chi connectivity index (χ0) is 23.7. The van der Waals surface area contributed by atoms with E-state index in [9.17, 15) is 4.79 Å². The Morgan fingerprint density at radius 3 is 2.35 bits per heavy atom. The topological polar surface area (TPSA) is 75.1 Å². The van der Waals surface area contributed by atoms with Crippen molar-refractivity contribution in [2.24, 2.45) is 11.3 Å². The van der Waals surface area contributed by atoms with E-state index < -0.39 is 0 Å². The van der Waals surface area contributed by atoms with Crippen molar-refractivity contribution in [2.45, 2.75) is 52.5 Å². The van der Waals surface area contributed by atoms with Crippen molar-refractivity contribution in [2.75, 3.05) is 36.4 Å². The Morgan fingerprint density at radius 2 is 1.68 bits per heavy atom. The van der Waals surface area contributed by atoms with Crippen LogP contribution in [0.15, 0.2) is 47.4 Å². The molecule has 34 heavy (non-hydrogen) atoms. The Morgan fingerprint density at radius 1 is 0.971 bits per heavy atom. The van der Waals surface area contributed by atoms with Gasteiger partial charge in [0.1, 0.15) is 5.65 Å². The number of nitrogens with one attached hydrogen (secondary N) is 2. The van der Waals surface area contributed by atoms with E-state index in [4.69, 9.17) is 4.98 Å². The average molecular weight is 461 g/mol. The lowest BCUT2D eigenvalue weighted by molar-refractivity contribution is 0.152. The summed E-state index contributed by atoms with van der Waals surface area (Å²) in [5, 5.41) is 7.62. The largest absolute Gasteiger partial charge is 0.369 e. The van der Waals surface area contributed by atoms with Crippen LogP contribution in [0.1, 0.15) is 52.5 Å². The summed E-state index contributed by atoms with van der Waals surface area (Å²) in [6.45, 7) is 11.1. The van der Waals surface area contributed by atoms with Gasteiger partial charge in [-0.05, 0) is 67.3 Å². The smallest absolute Gasteiger partial charge is 0.252 e. The van der Waals surface area contributed by atoms with Crippen LogP contribution in [0.5, 0.6) is 0 Å². The number of rotatable bonds is 4. The number of piperazine rings is 1. The van der Waals surface area contributed by atoms with Gasteiger partial charge < -0.3 is 15.5 Å². The lowest BCUT2D eigenvalue weighted by Gasteiger charge is -2.37. The van der Waals surface area contributed by atoms with Crippen molar-refractivity contribution in [3.05, 3.63) is 52.9 Å². The lowest BCUT2D eigenvalue weighted by atomic mass is 9.71. The summed E-state index contributed by atoms with van der Waals surface area (Å²) < 4.78 is 1.91. The minimum atomic E-state index is 0.0248. The first kappa shape index (κ1) is 22.8. The van der Waals surface area contributed by atoms with Gasteiger partial charge in [-0.25, -0.2) is 4.98 Å². The van der Waals surface area contributed by atoms with Crippen molar-refractivity contribution in [1.82, 2.24) is 19.9 Å². The third-order valence-electron chi connectivity index (χ3n) is 7.56. The van der Waals surface area contributed by atoms with E-state index in [1.54, 1.807) is 6.07 Å². The molecule has 1 aromatic carbocycles. The van der Waals surface area contributed by atoms with Crippen LogP contribution in [0.2, 0.25) is 0 Å². The van der Waals surface area contributed by atoms with Gasteiger partial charge >= 0.3 is 0 Å². The summed E-state index contributed by atoms with van der Waals surface area (Å²) >= 11 is 0. The minimum absolute atomic E-state index is 0.0248. The summed E-state index contributed by atoms with van der Waals surface area (Å²) in [6, 6.07) is 12.1. The van der Waals surface area contributed by atoms with Crippen LogP contribution in [0.3, 0.4) is 0 Å². The Balaban J connectivity index is 1.37.